The minimum absolute atomic E-state index is 0. The Balaban J connectivity index is 0.000000479. The molecule has 0 aliphatic heterocycles. The van der Waals surface area contributed by atoms with Crippen LogP contribution in [0.5, 0.6) is 0 Å². The minimum Gasteiger partial charge on any atom is -0.461 e. The van der Waals surface area contributed by atoms with Crippen molar-refractivity contribution in [2.45, 2.75) is 42.7 Å². The van der Waals surface area contributed by atoms with Gasteiger partial charge in [0.1, 0.15) is 6.10 Å². The first-order chi connectivity index (χ1) is 17.6. The molecule has 10 radical (unpaired) electrons. The van der Waals surface area contributed by atoms with E-state index in [0.29, 0.717) is 17.8 Å². The van der Waals surface area contributed by atoms with E-state index in [1.165, 1.54) is 11.1 Å². The van der Waals surface area contributed by atoms with Crippen molar-refractivity contribution in [1.29, 1.82) is 0 Å². The van der Waals surface area contributed by atoms with Crippen molar-refractivity contribution in [3.63, 3.8) is 0 Å². The van der Waals surface area contributed by atoms with Gasteiger partial charge < -0.3 is 9.64 Å². The largest absolute Gasteiger partial charge is 2.00 e. The molecule has 5 fully saturated rings. The summed E-state index contributed by atoms with van der Waals surface area (Å²) in [5.41, 5.74) is 2.72. The standard InChI is InChI=1S/C28H30NO2.C5H5.Fe/c1-29(2)28-17-23(20-11-5-3-6-12-20)26(24(18-28)21-13-7-4-8-14-21)25(19-28)31-27(30)22-15-9-10-16-22;1-2-4-5-3-1;/h3-16,23-26H,17-19H2,1-2H3;1-5H;/q;;+2/t23-,24-,25+,26?,28?;;/m0../s1. The maximum atomic E-state index is 13.0. The van der Waals surface area contributed by atoms with Gasteiger partial charge in [0.15, 0.2) is 0 Å². The molecule has 0 saturated heterocycles. The van der Waals surface area contributed by atoms with Gasteiger partial charge in [0.05, 0.1) is 5.92 Å². The fourth-order valence-electron chi connectivity index (χ4n) is 6.44. The zero-order chi connectivity index (χ0) is 25.0. The first kappa shape index (κ1) is 28.4. The SMILES string of the molecule is CN(C)C12C[C@@H](OC(=O)[C]3[CH][CH][CH][CH]3)C([C@H](c3ccccc3)C1)[C@H](c1ccccc1)C2.[CH]1[CH][CH][CH][CH]1.[Fe+2]. The van der Waals surface area contributed by atoms with Crippen LogP contribution in [0.2, 0.25) is 0 Å². The van der Waals surface area contributed by atoms with Crippen LogP contribution >= 0.6 is 0 Å². The maximum absolute atomic E-state index is 13.0. The van der Waals surface area contributed by atoms with Gasteiger partial charge in [-0.25, -0.2) is 0 Å². The molecule has 0 N–H and O–H groups in total. The van der Waals surface area contributed by atoms with Crippen molar-refractivity contribution in [3.05, 3.63) is 135 Å². The van der Waals surface area contributed by atoms with E-state index in [9.17, 15) is 4.79 Å². The third kappa shape index (κ3) is 6.35. The summed E-state index contributed by atoms with van der Waals surface area (Å²) < 4.78 is 6.28. The van der Waals surface area contributed by atoms with Crippen LogP contribution in [0.4, 0.5) is 0 Å². The average molecular weight is 533 g/mol. The zero-order valence-electron chi connectivity index (χ0n) is 21.5. The van der Waals surface area contributed by atoms with Crippen molar-refractivity contribution in [2.75, 3.05) is 14.1 Å². The van der Waals surface area contributed by atoms with Crippen LogP contribution in [-0.2, 0) is 26.6 Å². The maximum Gasteiger partial charge on any atom is 2.00 e. The van der Waals surface area contributed by atoms with E-state index in [-0.39, 0.29) is 40.6 Å². The van der Waals surface area contributed by atoms with Gasteiger partial charge in [-0.1, -0.05) is 60.7 Å². The Morgan fingerprint density at radius 3 is 1.62 bits per heavy atom. The van der Waals surface area contributed by atoms with Gasteiger partial charge in [0, 0.05) is 17.9 Å². The molecule has 37 heavy (non-hydrogen) atoms. The first-order valence-corrected chi connectivity index (χ1v) is 12.9. The van der Waals surface area contributed by atoms with Crippen LogP contribution in [0.3, 0.4) is 0 Å². The van der Waals surface area contributed by atoms with Gasteiger partial charge in [0.2, 0.25) is 0 Å². The number of fused-ring (bicyclic) bond motifs is 3. The van der Waals surface area contributed by atoms with Gasteiger partial charge in [-0.3, -0.25) is 4.79 Å². The molecule has 2 aromatic rings. The molecule has 5 aliphatic carbocycles. The molecule has 3 nitrogen and oxygen atoms in total. The van der Waals surface area contributed by atoms with Gasteiger partial charge in [-0.05, 0) is 108 Å². The van der Waals surface area contributed by atoms with Crippen molar-refractivity contribution in [2.24, 2.45) is 5.92 Å². The Bertz CT molecular complexity index is 911. The molecular weight excluding hydrogens is 498 g/mol. The molecule has 190 valence electrons. The third-order valence-corrected chi connectivity index (χ3v) is 8.26. The predicted molar refractivity (Wildman–Crippen MR) is 144 cm³/mol. The summed E-state index contributed by atoms with van der Waals surface area (Å²) in [6, 6.07) is 21.6. The summed E-state index contributed by atoms with van der Waals surface area (Å²) in [5.74, 6) is 1.43. The van der Waals surface area contributed by atoms with E-state index < -0.39 is 0 Å². The molecular formula is C33H35FeNO2+2. The smallest absolute Gasteiger partial charge is 0.461 e. The summed E-state index contributed by atoms with van der Waals surface area (Å²) in [7, 11) is 4.37. The number of esters is 1. The summed E-state index contributed by atoms with van der Waals surface area (Å²) >= 11 is 0. The number of hydrogen-bond donors (Lipinski definition) is 0. The van der Waals surface area contributed by atoms with Crippen LogP contribution in [0.1, 0.15) is 42.2 Å². The number of hydrogen-bond acceptors (Lipinski definition) is 3. The molecule has 4 heteroatoms. The Morgan fingerprint density at radius 2 is 1.19 bits per heavy atom. The Hall–Kier alpha value is -1.61. The molecule has 0 amide bonds. The molecule has 5 aliphatic rings. The minimum atomic E-state index is -0.199. The number of carbonyl (C=O) groups is 1. The van der Waals surface area contributed by atoms with Gasteiger partial charge >= 0.3 is 23.0 Å². The summed E-state index contributed by atoms with van der Waals surface area (Å²) in [5, 5.41) is 0. The number of nitrogens with zero attached hydrogens (tertiary/aromatic N) is 1. The van der Waals surface area contributed by atoms with E-state index in [2.05, 4.69) is 79.7 Å². The van der Waals surface area contributed by atoms with E-state index in [1.807, 2.05) is 57.8 Å². The molecule has 0 unspecified atom stereocenters. The van der Waals surface area contributed by atoms with Gasteiger partial charge in [-0.15, -0.1) is 0 Å². The molecule has 7 rings (SSSR count). The van der Waals surface area contributed by atoms with Crippen LogP contribution in [0.25, 0.3) is 0 Å². The van der Waals surface area contributed by atoms with Crippen molar-refractivity contribution in [1.82, 2.24) is 4.90 Å². The second-order valence-corrected chi connectivity index (χ2v) is 10.4. The van der Waals surface area contributed by atoms with Crippen molar-refractivity contribution in [3.8, 4) is 0 Å². The molecule has 0 heterocycles. The molecule has 5 saturated carbocycles. The average Bonchev–Trinajstić information content (AvgIpc) is 3.67. The molecule has 2 bridgehead atoms. The van der Waals surface area contributed by atoms with Crippen LogP contribution in [0, 0.1) is 69.6 Å². The first-order valence-electron chi connectivity index (χ1n) is 12.9. The number of benzene rings is 2. The van der Waals surface area contributed by atoms with E-state index in [4.69, 9.17) is 4.74 Å². The monoisotopic (exact) mass is 533 g/mol. The van der Waals surface area contributed by atoms with Crippen LogP contribution in [-0.4, -0.2) is 36.6 Å². The molecule has 3 atom stereocenters. The van der Waals surface area contributed by atoms with E-state index in [0.717, 1.165) is 19.3 Å². The van der Waals surface area contributed by atoms with Gasteiger partial charge in [0.25, 0.3) is 0 Å². The Labute approximate surface area is 235 Å². The number of rotatable bonds is 5. The molecule has 0 spiro atoms. The Kier molecular flexibility index (Phi) is 9.95. The van der Waals surface area contributed by atoms with Crippen LogP contribution in [0.15, 0.2) is 60.7 Å². The fraction of sp³-hybridized carbons (Fsp3) is 0.303. The summed E-state index contributed by atoms with van der Waals surface area (Å²) in [4.78, 5) is 15.4. The van der Waals surface area contributed by atoms with E-state index in [1.54, 1.807) is 0 Å². The summed E-state index contributed by atoms with van der Waals surface area (Å²) in [6.07, 6.45) is 20.5. The number of ether oxygens (including phenoxy) is 1. The zero-order valence-corrected chi connectivity index (χ0v) is 22.6. The normalized spacial score (nSPS) is 30.9. The third-order valence-electron chi connectivity index (χ3n) is 8.26. The van der Waals surface area contributed by atoms with Crippen LogP contribution < -0.4 is 0 Å². The number of carbonyl (C=O) groups excluding carboxylic acids is 1. The summed E-state index contributed by atoms with van der Waals surface area (Å²) in [6.45, 7) is 0. The van der Waals surface area contributed by atoms with Crippen molar-refractivity contribution < 1.29 is 26.6 Å². The van der Waals surface area contributed by atoms with Gasteiger partial charge in [-0.2, -0.15) is 0 Å². The van der Waals surface area contributed by atoms with E-state index >= 15 is 0 Å². The quantitative estimate of drug-likeness (QED) is 0.349. The second kappa shape index (κ2) is 13.0. The molecule has 0 aromatic heterocycles. The Morgan fingerprint density at radius 1 is 0.730 bits per heavy atom. The second-order valence-electron chi connectivity index (χ2n) is 10.4. The fourth-order valence-corrected chi connectivity index (χ4v) is 6.44. The predicted octanol–water partition coefficient (Wildman–Crippen LogP) is 6.00. The topological polar surface area (TPSA) is 29.5 Å². The van der Waals surface area contributed by atoms with Crippen molar-refractivity contribution >= 4 is 5.97 Å². The molecule has 2 aromatic carbocycles.